The lowest BCUT2D eigenvalue weighted by molar-refractivity contribution is -0.137. The average molecular weight is 434 g/mol. The zero-order valence-corrected chi connectivity index (χ0v) is 17.0. The third-order valence-corrected chi connectivity index (χ3v) is 5.94. The van der Waals surface area contributed by atoms with E-state index in [0.717, 1.165) is 33.0 Å². The molecule has 8 heteroatoms. The highest BCUT2D eigenvalue weighted by Gasteiger charge is 2.33. The number of alkyl halides is 3. The summed E-state index contributed by atoms with van der Waals surface area (Å²) in [5, 5.41) is 5.41. The van der Waals surface area contributed by atoms with Gasteiger partial charge in [-0.05, 0) is 48.7 Å². The van der Waals surface area contributed by atoms with Crippen molar-refractivity contribution in [3.8, 4) is 11.1 Å². The van der Waals surface area contributed by atoms with Crippen LogP contribution < -0.4 is 5.32 Å². The van der Waals surface area contributed by atoms with Gasteiger partial charge in [-0.15, -0.1) is 11.3 Å². The van der Waals surface area contributed by atoms with E-state index in [2.05, 4.69) is 21.4 Å². The second kappa shape index (κ2) is 7.31. The minimum absolute atomic E-state index is 0.249. The van der Waals surface area contributed by atoms with Crippen LogP contribution in [0.15, 0.2) is 48.1 Å². The maximum atomic E-state index is 13.2. The summed E-state index contributed by atoms with van der Waals surface area (Å²) in [5.74, 6) is 0.444. The van der Waals surface area contributed by atoms with Crippen LogP contribution >= 0.6 is 22.9 Å². The predicted molar refractivity (Wildman–Crippen MR) is 112 cm³/mol. The van der Waals surface area contributed by atoms with E-state index in [1.54, 1.807) is 0 Å². The quantitative estimate of drug-likeness (QED) is 0.366. The number of fused-ring (bicyclic) bond motifs is 1. The van der Waals surface area contributed by atoms with Crippen molar-refractivity contribution in [2.24, 2.45) is 0 Å². The Labute approximate surface area is 174 Å². The SMILES string of the molecule is Cc1ccc(-c2csc3ncnc(Nc4ccc(Cl)c(C(F)(F)F)c4)c23)cc1C. The summed E-state index contributed by atoms with van der Waals surface area (Å²) >= 11 is 7.18. The summed E-state index contributed by atoms with van der Waals surface area (Å²) in [7, 11) is 0. The molecule has 0 atom stereocenters. The first-order valence-electron chi connectivity index (χ1n) is 8.67. The summed E-state index contributed by atoms with van der Waals surface area (Å²) in [4.78, 5) is 9.34. The van der Waals surface area contributed by atoms with Crippen LogP contribution in [0.2, 0.25) is 5.02 Å². The highest BCUT2D eigenvalue weighted by atomic mass is 35.5. The molecule has 2 aromatic heterocycles. The van der Waals surface area contributed by atoms with Crippen molar-refractivity contribution in [1.82, 2.24) is 9.97 Å². The Balaban J connectivity index is 1.81. The van der Waals surface area contributed by atoms with Crippen molar-refractivity contribution < 1.29 is 13.2 Å². The molecule has 0 saturated carbocycles. The molecule has 3 nitrogen and oxygen atoms in total. The fourth-order valence-electron chi connectivity index (χ4n) is 3.05. The summed E-state index contributed by atoms with van der Waals surface area (Å²) in [5.41, 5.74) is 3.63. The molecule has 0 amide bonds. The minimum atomic E-state index is -4.54. The Morgan fingerprint density at radius 1 is 1.00 bits per heavy atom. The van der Waals surface area contributed by atoms with Crippen molar-refractivity contribution in [3.05, 3.63) is 69.8 Å². The lowest BCUT2D eigenvalue weighted by Crippen LogP contribution is -2.06. The number of thiophene rings is 1. The number of halogens is 4. The van der Waals surface area contributed by atoms with E-state index >= 15 is 0 Å². The van der Waals surface area contributed by atoms with E-state index in [1.807, 2.05) is 31.4 Å². The van der Waals surface area contributed by atoms with Gasteiger partial charge in [0.1, 0.15) is 17.0 Å². The number of aryl methyl sites for hydroxylation is 2. The van der Waals surface area contributed by atoms with Gasteiger partial charge in [-0.3, -0.25) is 0 Å². The summed E-state index contributed by atoms with van der Waals surface area (Å²) < 4.78 is 39.6. The molecule has 0 saturated heterocycles. The molecule has 4 rings (SSSR count). The molecule has 0 bridgehead atoms. The van der Waals surface area contributed by atoms with Gasteiger partial charge in [0.25, 0.3) is 0 Å². The van der Waals surface area contributed by atoms with Crippen LogP contribution in [0.3, 0.4) is 0 Å². The minimum Gasteiger partial charge on any atom is -0.340 e. The molecule has 29 heavy (non-hydrogen) atoms. The first-order valence-corrected chi connectivity index (χ1v) is 9.93. The Morgan fingerprint density at radius 3 is 2.52 bits per heavy atom. The van der Waals surface area contributed by atoms with Gasteiger partial charge in [-0.25, -0.2) is 9.97 Å². The third kappa shape index (κ3) is 3.80. The van der Waals surface area contributed by atoms with Gasteiger partial charge >= 0.3 is 6.18 Å². The third-order valence-electron chi connectivity index (χ3n) is 4.72. The van der Waals surface area contributed by atoms with Gasteiger partial charge < -0.3 is 5.32 Å². The number of hydrogen-bond donors (Lipinski definition) is 1. The lowest BCUT2D eigenvalue weighted by atomic mass is 10.0. The molecule has 0 unspecified atom stereocenters. The fourth-order valence-corrected chi connectivity index (χ4v) is 4.19. The molecular formula is C21H15ClF3N3S. The molecule has 4 aromatic rings. The van der Waals surface area contributed by atoms with Crippen molar-refractivity contribution in [3.63, 3.8) is 0 Å². The number of rotatable bonds is 3. The molecule has 0 fully saturated rings. The Bertz CT molecular complexity index is 1220. The van der Waals surface area contributed by atoms with Gasteiger partial charge in [0, 0.05) is 16.6 Å². The monoisotopic (exact) mass is 433 g/mol. The molecular weight excluding hydrogens is 419 g/mol. The molecule has 0 aliphatic heterocycles. The van der Waals surface area contributed by atoms with Gasteiger partial charge in [-0.2, -0.15) is 13.2 Å². The highest BCUT2D eigenvalue weighted by Crippen LogP contribution is 2.40. The van der Waals surface area contributed by atoms with Crippen molar-refractivity contribution >= 4 is 44.7 Å². The topological polar surface area (TPSA) is 37.8 Å². The predicted octanol–water partition coefficient (Wildman–Crippen LogP) is 7.39. The van der Waals surface area contributed by atoms with Crippen LogP contribution in [0.4, 0.5) is 24.7 Å². The smallest absolute Gasteiger partial charge is 0.340 e. The Kier molecular flexibility index (Phi) is 4.96. The van der Waals surface area contributed by atoms with Crippen LogP contribution in [0.25, 0.3) is 21.3 Å². The van der Waals surface area contributed by atoms with Gasteiger partial charge in [0.05, 0.1) is 16.0 Å². The molecule has 0 radical (unpaired) electrons. The van der Waals surface area contributed by atoms with E-state index in [9.17, 15) is 13.2 Å². The number of nitrogens with one attached hydrogen (secondary N) is 1. The fraction of sp³-hybridized carbons (Fsp3) is 0.143. The highest BCUT2D eigenvalue weighted by molar-refractivity contribution is 7.17. The Morgan fingerprint density at radius 2 is 1.79 bits per heavy atom. The normalized spacial score (nSPS) is 11.8. The zero-order valence-electron chi connectivity index (χ0n) is 15.4. The molecule has 0 aliphatic carbocycles. The van der Waals surface area contributed by atoms with E-state index in [1.165, 1.54) is 35.4 Å². The standard InChI is InChI=1S/C21H15ClF3N3S/c1-11-3-4-13(7-12(11)2)15-9-29-20-18(15)19(26-10-27-20)28-14-5-6-17(22)16(8-14)21(23,24)25/h3-10H,1-2H3,(H,26,27,28). The zero-order chi connectivity index (χ0) is 20.8. The van der Waals surface area contributed by atoms with Crippen LogP contribution in [0, 0.1) is 13.8 Å². The average Bonchev–Trinajstić information content (AvgIpc) is 3.10. The molecule has 2 heterocycles. The van der Waals surface area contributed by atoms with Crippen molar-refractivity contribution in [2.45, 2.75) is 20.0 Å². The van der Waals surface area contributed by atoms with Crippen molar-refractivity contribution in [1.29, 1.82) is 0 Å². The second-order valence-corrected chi connectivity index (χ2v) is 7.93. The van der Waals surface area contributed by atoms with Crippen LogP contribution in [-0.4, -0.2) is 9.97 Å². The van der Waals surface area contributed by atoms with E-state index in [0.29, 0.717) is 5.82 Å². The van der Waals surface area contributed by atoms with Gasteiger partial charge in [-0.1, -0.05) is 29.8 Å². The second-order valence-electron chi connectivity index (χ2n) is 6.67. The molecule has 1 N–H and O–H groups in total. The summed E-state index contributed by atoms with van der Waals surface area (Å²) in [6.07, 6.45) is -3.14. The Hall–Kier alpha value is -2.64. The molecule has 0 spiro atoms. The lowest BCUT2D eigenvalue weighted by Gasteiger charge is -2.13. The first kappa shape index (κ1) is 19.7. The number of benzene rings is 2. The number of aromatic nitrogens is 2. The number of hydrogen-bond acceptors (Lipinski definition) is 4. The van der Waals surface area contributed by atoms with Gasteiger partial charge in [0.15, 0.2) is 0 Å². The number of nitrogens with zero attached hydrogens (tertiary/aromatic N) is 2. The van der Waals surface area contributed by atoms with Crippen molar-refractivity contribution in [2.75, 3.05) is 5.32 Å². The van der Waals surface area contributed by atoms with E-state index in [-0.39, 0.29) is 10.7 Å². The summed E-state index contributed by atoms with van der Waals surface area (Å²) in [6, 6.07) is 9.84. The van der Waals surface area contributed by atoms with E-state index < -0.39 is 11.7 Å². The molecule has 0 aliphatic rings. The number of anilines is 2. The summed E-state index contributed by atoms with van der Waals surface area (Å²) in [6.45, 7) is 4.08. The largest absolute Gasteiger partial charge is 0.417 e. The van der Waals surface area contributed by atoms with Crippen LogP contribution in [0.5, 0.6) is 0 Å². The maximum Gasteiger partial charge on any atom is 0.417 e. The molecule has 2 aromatic carbocycles. The van der Waals surface area contributed by atoms with Gasteiger partial charge in [0.2, 0.25) is 0 Å². The molecule has 148 valence electrons. The first-order chi connectivity index (χ1) is 13.7. The van der Waals surface area contributed by atoms with Crippen LogP contribution in [0.1, 0.15) is 16.7 Å². The van der Waals surface area contributed by atoms with E-state index in [4.69, 9.17) is 11.6 Å². The maximum absolute atomic E-state index is 13.2. The van der Waals surface area contributed by atoms with Crippen LogP contribution in [-0.2, 0) is 6.18 Å².